The third kappa shape index (κ3) is 4.68. The van der Waals surface area contributed by atoms with E-state index in [1.165, 1.54) is 6.07 Å². The summed E-state index contributed by atoms with van der Waals surface area (Å²) in [6, 6.07) is 10.1. The van der Waals surface area contributed by atoms with Gasteiger partial charge in [0.2, 0.25) is 0 Å². The second-order valence-corrected chi connectivity index (χ2v) is 8.24. The van der Waals surface area contributed by atoms with Crippen LogP contribution in [0.5, 0.6) is 0 Å². The van der Waals surface area contributed by atoms with Gasteiger partial charge < -0.3 is 14.4 Å². The van der Waals surface area contributed by atoms with Gasteiger partial charge in [0.25, 0.3) is 5.56 Å². The lowest BCUT2D eigenvalue weighted by Crippen LogP contribution is -2.23. The third-order valence-corrected chi connectivity index (χ3v) is 5.96. The summed E-state index contributed by atoms with van der Waals surface area (Å²) in [4.78, 5) is 21.6. The van der Waals surface area contributed by atoms with Crippen LogP contribution in [0.15, 0.2) is 58.1 Å². The van der Waals surface area contributed by atoms with Gasteiger partial charge in [-0.3, -0.25) is 9.78 Å². The van der Waals surface area contributed by atoms with Crippen molar-refractivity contribution in [2.75, 3.05) is 7.05 Å². The number of aryl methyl sites for hydroxylation is 1. The molecule has 4 rings (SSSR count). The Hall–Kier alpha value is -3.65. The predicted octanol–water partition coefficient (Wildman–Crippen LogP) is 5.16. The van der Waals surface area contributed by atoms with Gasteiger partial charge in [-0.05, 0) is 50.6 Å². The molecule has 0 saturated heterocycles. The average molecular weight is 462 g/mol. The Kier molecular flexibility index (Phi) is 6.98. The van der Waals surface area contributed by atoms with Gasteiger partial charge in [-0.2, -0.15) is 0 Å². The van der Waals surface area contributed by atoms with Gasteiger partial charge in [0, 0.05) is 42.0 Å². The van der Waals surface area contributed by atoms with Gasteiger partial charge >= 0.3 is 0 Å². The first-order valence-corrected chi connectivity index (χ1v) is 11.4. The molecule has 34 heavy (non-hydrogen) atoms. The fraction of sp³-hybridized carbons (Fsp3) is 0.308. The Labute approximate surface area is 197 Å². The molecule has 0 spiro atoms. The number of nitrogens with one attached hydrogen (secondary N) is 1. The predicted molar refractivity (Wildman–Crippen MR) is 130 cm³/mol. The highest BCUT2D eigenvalue weighted by molar-refractivity contribution is 5.68. The lowest BCUT2D eigenvalue weighted by Gasteiger charge is -2.17. The number of halogens is 1. The standard InChI is InChI=1S/C26H28FN5O2/c1-5-19(6-2)32-15-18(8-10-25(32)33)23-14-29-16(3)26(30-23)24-12-22(31-34-24)20-9-7-17(13-28-4)11-21(20)27/h7-12,14-15,19,28H,5-6,13H2,1-4H3. The molecule has 1 N–H and O–H groups in total. The van der Waals surface area contributed by atoms with Crippen LogP contribution < -0.4 is 10.9 Å². The molecule has 4 aromatic rings. The lowest BCUT2D eigenvalue weighted by atomic mass is 10.1. The highest BCUT2D eigenvalue weighted by atomic mass is 19.1. The van der Waals surface area contributed by atoms with Gasteiger partial charge in [0.05, 0.1) is 17.6 Å². The molecule has 0 atom stereocenters. The van der Waals surface area contributed by atoms with Gasteiger partial charge in [0.15, 0.2) is 5.76 Å². The van der Waals surface area contributed by atoms with E-state index in [2.05, 4.69) is 29.3 Å². The smallest absolute Gasteiger partial charge is 0.250 e. The molecule has 0 saturated carbocycles. The summed E-state index contributed by atoms with van der Waals surface area (Å²) in [6.45, 7) is 6.53. The second-order valence-electron chi connectivity index (χ2n) is 8.24. The summed E-state index contributed by atoms with van der Waals surface area (Å²) in [5.74, 6) is 0.0293. The maximum Gasteiger partial charge on any atom is 0.250 e. The largest absolute Gasteiger partial charge is 0.354 e. The van der Waals surface area contributed by atoms with E-state index in [9.17, 15) is 9.18 Å². The Morgan fingerprint density at radius 3 is 2.62 bits per heavy atom. The SMILES string of the molecule is CCC(CC)n1cc(-c2cnc(C)c(-c3cc(-c4ccc(CNC)cc4F)no3)n2)ccc1=O. The third-order valence-electron chi connectivity index (χ3n) is 5.96. The van der Waals surface area contributed by atoms with Crippen LogP contribution in [0.1, 0.15) is 44.0 Å². The van der Waals surface area contributed by atoms with Crippen LogP contribution in [0.2, 0.25) is 0 Å². The fourth-order valence-electron chi connectivity index (χ4n) is 4.04. The first-order chi connectivity index (χ1) is 16.4. The molecule has 0 aliphatic heterocycles. The normalized spacial score (nSPS) is 11.4. The van der Waals surface area contributed by atoms with Crippen molar-refractivity contribution in [1.29, 1.82) is 0 Å². The summed E-state index contributed by atoms with van der Waals surface area (Å²) in [6.07, 6.45) is 5.22. The maximum absolute atomic E-state index is 14.7. The van der Waals surface area contributed by atoms with Crippen LogP contribution >= 0.6 is 0 Å². The van der Waals surface area contributed by atoms with Crippen molar-refractivity contribution >= 4 is 0 Å². The minimum atomic E-state index is -0.368. The summed E-state index contributed by atoms with van der Waals surface area (Å²) in [5.41, 5.74) is 4.11. The zero-order valence-corrected chi connectivity index (χ0v) is 19.8. The van der Waals surface area contributed by atoms with E-state index < -0.39 is 0 Å². The molecule has 0 radical (unpaired) electrons. The fourth-order valence-corrected chi connectivity index (χ4v) is 4.04. The molecule has 0 aliphatic carbocycles. The van der Waals surface area contributed by atoms with Crippen molar-refractivity contribution in [3.63, 3.8) is 0 Å². The van der Waals surface area contributed by atoms with Crippen molar-refractivity contribution in [2.24, 2.45) is 0 Å². The van der Waals surface area contributed by atoms with Gasteiger partial charge in [-0.15, -0.1) is 0 Å². The first kappa shape index (κ1) is 23.5. The number of benzene rings is 1. The minimum absolute atomic E-state index is 0.0413. The van der Waals surface area contributed by atoms with Crippen molar-refractivity contribution < 1.29 is 8.91 Å². The summed E-state index contributed by atoms with van der Waals surface area (Å²) in [7, 11) is 1.81. The summed E-state index contributed by atoms with van der Waals surface area (Å²) in [5, 5.41) is 7.08. The van der Waals surface area contributed by atoms with Gasteiger partial charge in [-0.1, -0.05) is 25.1 Å². The maximum atomic E-state index is 14.7. The number of nitrogens with zero attached hydrogens (tertiary/aromatic N) is 4. The van der Waals surface area contributed by atoms with E-state index in [0.717, 1.165) is 24.0 Å². The highest BCUT2D eigenvalue weighted by Gasteiger charge is 2.17. The highest BCUT2D eigenvalue weighted by Crippen LogP contribution is 2.30. The molecule has 0 amide bonds. The minimum Gasteiger partial charge on any atom is -0.354 e. The molecule has 3 aromatic heterocycles. The molecule has 7 nitrogen and oxygen atoms in total. The van der Waals surface area contributed by atoms with Crippen molar-refractivity contribution in [3.05, 3.63) is 76.2 Å². The van der Waals surface area contributed by atoms with E-state index in [1.807, 2.05) is 26.2 Å². The quantitative estimate of drug-likeness (QED) is 0.390. The van der Waals surface area contributed by atoms with Crippen LogP contribution in [0.3, 0.4) is 0 Å². The Balaban J connectivity index is 1.70. The molecule has 176 valence electrons. The number of hydrogen-bond acceptors (Lipinski definition) is 6. The Morgan fingerprint density at radius 2 is 1.91 bits per heavy atom. The second kappa shape index (κ2) is 10.1. The molecule has 0 aliphatic rings. The molecular formula is C26H28FN5O2. The Bertz CT molecular complexity index is 1360. The number of pyridine rings is 1. The van der Waals surface area contributed by atoms with Crippen LogP contribution in [-0.2, 0) is 6.54 Å². The number of aromatic nitrogens is 4. The van der Waals surface area contributed by atoms with Crippen molar-refractivity contribution in [1.82, 2.24) is 25.0 Å². The zero-order chi connectivity index (χ0) is 24.2. The topological polar surface area (TPSA) is 85.8 Å². The molecule has 8 heteroatoms. The molecule has 0 unspecified atom stereocenters. The molecule has 0 fully saturated rings. The van der Waals surface area contributed by atoms with Crippen molar-refractivity contribution in [3.8, 4) is 34.0 Å². The van der Waals surface area contributed by atoms with Crippen LogP contribution in [0.25, 0.3) is 34.0 Å². The van der Waals surface area contributed by atoms with Crippen LogP contribution in [0.4, 0.5) is 4.39 Å². The number of rotatable bonds is 8. The average Bonchev–Trinajstić information content (AvgIpc) is 3.31. The molecule has 1 aromatic carbocycles. The van der Waals surface area contributed by atoms with Crippen molar-refractivity contribution in [2.45, 2.75) is 46.2 Å². The first-order valence-electron chi connectivity index (χ1n) is 11.4. The van der Waals surface area contributed by atoms with E-state index in [-0.39, 0.29) is 17.4 Å². The monoisotopic (exact) mass is 461 g/mol. The lowest BCUT2D eigenvalue weighted by molar-refractivity contribution is 0.432. The molecule has 3 heterocycles. The van der Waals surface area contributed by atoms with E-state index in [4.69, 9.17) is 9.51 Å². The molecule has 0 bridgehead atoms. The van der Waals surface area contributed by atoms with E-state index >= 15 is 0 Å². The van der Waals surface area contributed by atoms with Crippen LogP contribution in [-0.4, -0.2) is 26.7 Å². The van der Waals surface area contributed by atoms with E-state index in [0.29, 0.717) is 40.6 Å². The zero-order valence-electron chi connectivity index (χ0n) is 19.8. The van der Waals surface area contributed by atoms with Gasteiger partial charge in [-0.25, -0.2) is 9.37 Å². The molecular weight excluding hydrogens is 433 g/mol. The Morgan fingerprint density at radius 1 is 1.12 bits per heavy atom. The van der Waals surface area contributed by atoms with E-state index in [1.54, 1.807) is 35.0 Å². The summed E-state index contributed by atoms with van der Waals surface area (Å²) < 4.78 is 22.0. The number of hydrogen-bond donors (Lipinski definition) is 1. The summed E-state index contributed by atoms with van der Waals surface area (Å²) >= 11 is 0. The van der Waals surface area contributed by atoms with Crippen LogP contribution in [0, 0.1) is 12.7 Å². The van der Waals surface area contributed by atoms with Gasteiger partial charge in [0.1, 0.15) is 17.2 Å².